The first-order valence-corrected chi connectivity index (χ1v) is 11.3. The summed E-state index contributed by atoms with van der Waals surface area (Å²) in [6.45, 7) is 6.02. The highest BCUT2D eigenvalue weighted by Gasteiger charge is 2.31. The number of amides is 3. The SMILES string of the molecule is Cc1ccsc1CNC(=O)c1sc(N2CCN(Cc3ccc(F)cc3)C2=O)cc1C. The van der Waals surface area contributed by atoms with Crippen molar-refractivity contribution in [3.05, 3.63) is 74.0 Å². The standard InChI is InChI=1S/C22H22FN3O2S2/c1-14-7-10-29-18(14)12-24-21(27)20-15(2)11-19(30-20)26-9-8-25(22(26)28)13-16-3-5-17(23)6-4-16/h3-7,10-11H,8-9,12-13H2,1-2H3,(H,24,27). The van der Waals surface area contributed by atoms with Gasteiger partial charge in [-0.15, -0.1) is 22.7 Å². The van der Waals surface area contributed by atoms with Crippen LogP contribution in [0.1, 0.15) is 31.2 Å². The Balaban J connectivity index is 1.42. The molecule has 5 nitrogen and oxygen atoms in total. The lowest BCUT2D eigenvalue weighted by Crippen LogP contribution is -2.31. The molecule has 0 aliphatic carbocycles. The molecular formula is C22H22FN3O2S2. The van der Waals surface area contributed by atoms with Crippen molar-refractivity contribution in [1.29, 1.82) is 0 Å². The van der Waals surface area contributed by atoms with Crippen molar-refractivity contribution in [2.45, 2.75) is 26.9 Å². The lowest BCUT2D eigenvalue weighted by Gasteiger charge is -2.17. The van der Waals surface area contributed by atoms with Crippen LogP contribution in [0.3, 0.4) is 0 Å². The topological polar surface area (TPSA) is 52.7 Å². The van der Waals surface area contributed by atoms with Gasteiger partial charge in [-0.25, -0.2) is 9.18 Å². The summed E-state index contributed by atoms with van der Waals surface area (Å²) in [5, 5.41) is 5.77. The number of anilines is 1. The van der Waals surface area contributed by atoms with Gasteiger partial charge in [0.2, 0.25) is 0 Å². The molecule has 1 fully saturated rings. The van der Waals surface area contributed by atoms with Gasteiger partial charge in [-0.1, -0.05) is 12.1 Å². The Morgan fingerprint density at radius 2 is 1.90 bits per heavy atom. The molecule has 30 heavy (non-hydrogen) atoms. The second kappa shape index (κ2) is 8.57. The lowest BCUT2D eigenvalue weighted by atomic mass is 10.2. The first-order chi connectivity index (χ1) is 14.4. The van der Waals surface area contributed by atoms with E-state index in [0.717, 1.165) is 21.0 Å². The van der Waals surface area contributed by atoms with Crippen LogP contribution < -0.4 is 10.2 Å². The Kier molecular flexibility index (Phi) is 5.87. The zero-order chi connectivity index (χ0) is 21.3. The summed E-state index contributed by atoms with van der Waals surface area (Å²) in [5.41, 5.74) is 2.92. The number of hydrogen-bond acceptors (Lipinski definition) is 4. The second-order valence-corrected chi connectivity index (χ2v) is 9.32. The zero-order valence-corrected chi connectivity index (χ0v) is 18.4. The van der Waals surface area contributed by atoms with E-state index in [0.29, 0.717) is 31.1 Å². The molecule has 0 saturated carbocycles. The Labute approximate surface area is 182 Å². The summed E-state index contributed by atoms with van der Waals surface area (Å²) in [4.78, 5) is 30.8. The van der Waals surface area contributed by atoms with E-state index in [4.69, 9.17) is 0 Å². The summed E-state index contributed by atoms with van der Waals surface area (Å²) in [7, 11) is 0. The van der Waals surface area contributed by atoms with E-state index in [9.17, 15) is 14.0 Å². The van der Waals surface area contributed by atoms with Gasteiger partial charge in [-0.3, -0.25) is 9.69 Å². The molecule has 1 saturated heterocycles. The quantitative estimate of drug-likeness (QED) is 0.587. The van der Waals surface area contributed by atoms with Gasteiger partial charge in [0.05, 0.1) is 11.4 Å². The van der Waals surface area contributed by atoms with Crippen LogP contribution in [-0.2, 0) is 13.1 Å². The zero-order valence-electron chi connectivity index (χ0n) is 16.8. The molecule has 4 rings (SSSR count). The van der Waals surface area contributed by atoms with E-state index in [1.54, 1.807) is 33.3 Å². The molecule has 3 amide bonds. The highest BCUT2D eigenvalue weighted by Crippen LogP contribution is 2.32. The molecule has 8 heteroatoms. The number of rotatable bonds is 6. The molecular weight excluding hydrogens is 421 g/mol. The predicted octanol–water partition coefficient (Wildman–Crippen LogP) is 4.94. The molecule has 2 aromatic heterocycles. The van der Waals surface area contributed by atoms with Gasteiger partial charge in [-0.05, 0) is 60.2 Å². The summed E-state index contributed by atoms with van der Waals surface area (Å²) < 4.78 is 13.1. The summed E-state index contributed by atoms with van der Waals surface area (Å²) in [5.74, 6) is -0.409. The number of benzene rings is 1. The Bertz CT molecular complexity index is 1070. The van der Waals surface area contributed by atoms with Crippen LogP contribution in [0.4, 0.5) is 14.2 Å². The van der Waals surface area contributed by atoms with Crippen molar-refractivity contribution >= 4 is 39.6 Å². The molecule has 0 atom stereocenters. The number of aryl methyl sites for hydroxylation is 2. The maximum absolute atomic E-state index is 13.1. The van der Waals surface area contributed by atoms with Gasteiger partial charge in [0, 0.05) is 24.5 Å². The molecule has 0 unspecified atom stereocenters. The molecule has 1 N–H and O–H groups in total. The fourth-order valence-electron chi connectivity index (χ4n) is 3.39. The van der Waals surface area contributed by atoms with Crippen molar-refractivity contribution < 1.29 is 14.0 Å². The number of thiophene rings is 2. The highest BCUT2D eigenvalue weighted by atomic mass is 32.1. The third-order valence-corrected chi connectivity index (χ3v) is 7.42. The minimum atomic E-state index is -0.290. The normalized spacial score (nSPS) is 13.9. The van der Waals surface area contributed by atoms with Gasteiger partial charge in [0.15, 0.2) is 0 Å². The summed E-state index contributed by atoms with van der Waals surface area (Å²) in [6, 6.07) is 10.0. The number of carbonyl (C=O) groups excluding carboxylic acids is 2. The van der Waals surface area contributed by atoms with Gasteiger partial charge in [0.25, 0.3) is 5.91 Å². The van der Waals surface area contributed by atoms with Crippen LogP contribution in [0.2, 0.25) is 0 Å². The molecule has 1 aromatic carbocycles. The largest absolute Gasteiger partial charge is 0.346 e. The molecule has 0 spiro atoms. The second-order valence-electron chi connectivity index (χ2n) is 7.29. The average Bonchev–Trinajstić information content (AvgIpc) is 3.41. The smallest absolute Gasteiger partial charge is 0.325 e. The van der Waals surface area contributed by atoms with Crippen LogP contribution in [0.15, 0.2) is 41.8 Å². The predicted molar refractivity (Wildman–Crippen MR) is 119 cm³/mol. The first kappa shape index (κ1) is 20.6. The average molecular weight is 444 g/mol. The molecule has 3 aromatic rings. The van der Waals surface area contributed by atoms with E-state index in [2.05, 4.69) is 5.32 Å². The van der Waals surface area contributed by atoms with Crippen molar-refractivity contribution in [3.63, 3.8) is 0 Å². The Hall–Kier alpha value is -2.71. The number of halogens is 1. The fourth-order valence-corrected chi connectivity index (χ4v) is 5.35. The van der Waals surface area contributed by atoms with Crippen LogP contribution in [-0.4, -0.2) is 29.9 Å². The number of urea groups is 1. The van der Waals surface area contributed by atoms with Gasteiger partial charge < -0.3 is 10.2 Å². The van der Waals surface area contributed by atoms with E-state index in [1.807, 2.05) is 31.4 Å². The number of hydrogen-bond donors (Lipinski definition) is 1. The summed E-state index contributed by atoms with van der Waals surface area (Å²) in [6.07, 6.45) is 0. The molecule has 1 aliphatic rings. The highest BCUT2D eigenvalue weighted by molar-refractivity contribution is 7.18. The molecule has 0 radical (unpaired) electrons. The van der Waals surface area contributed by atoms with E-state index >= 15 is 0 Å². The number of carbonyl (C=O) groups is 2. The number of nitrogens with zero attached hydrogens (tertiary/aromatic N) is 2. The maximum atomic E-state index is 13.1. The van der Waals surface area contributed by atoms with Crippen LogP contribution in [0.5, 0.6) is 0 Å². The molecule has 1 aliphatic heterocycles. The summed E-state index contributed by atoms with van der Waals surface area (Å²) >= 11 is 2.97. The van der Waals surface area contributed by atoms with Gasteiger partial charge in [0.1, 0.15) is 10.8 Å². The third-order valence-electron chi connectivity index (χ3n) is 5.14. The fraction of sp³-hybridized carbons (Fsp3) is 0.273. The molecule has 0 bridgehead atoms. The molecule has 156 valence electrons. The van der Waals surface area contributed by atoms with Crippen molar-refractivity contribution in [3.8, 4) is 0 Å². The van der Waals surface area contributed by atoms with Crippen molar-refractivity contribution in [2.24, 2.45) is 0 Å². The van der Waals surface area contributed by atoms with Gasteiger partial charge >= 0.3 is 6.03 Å². The molecule has 3 heterocycles. The van der Waals surface area contributed by atoms with Crippen LogP contribution >= 0.6 is 22.7 Å². The minimum absolute atomic E-state index is 0.0956. The van der Waals surface area contributed by atoms with Crippen LogP contribution in [0, 0.1) is 19.7 Å². The number of nitrogens with one attached hydrogen (secondary N) is 1. The van der Waals surface area contributed by atoms with Crippen LogP contribution in [0.25, 0.3) is 0 Å². The lowest BCUT2D eigenvalue weighted by molar-refractivity contribution is 0.0954. The Morgan fingerprint density at radius 1 is 1.13 bits per heavy atom. The third kappa shape index (κ3) is 4.24. The first-order valence-electron chi connectivity index (χ1n) is 9.65. The van der Waals surface area contributed by atoms with E-state index in [1.165, 1.54) is 29.0 Å². The van der Waals surface area contributed by atoms with Crippen molar-refractivity contribution in [1.82, 2.24) is 10.2 Å². The Morgan fingerprint density at radius 3 is 2.60 bits per heavy atom. The minimum Gasteiger partial charge on any atom is -0.346 e. The van der Waals surface area contributed by atoms with Crippen molar-refractivity contribution in [2.75, 3.05) is 18.0 Å². The monoisotopic (exact) mass is 443 g/mol. The maximum Gasteiger partial charge on any atom is 0.325 e. The van der Waals surface area contributed by atoms with Gasteiger partial charge in [-0.2, -0.15) is 0 Å². The van der Waals surface area contributed by atoms with E-state index < -0.39 is 0 Å². The van der Waals surface area contributed by atoms with E-state index in [-0.39, 0.29) is 17.8 Å².